The molecule has 0 saturated heterocycles. The lowest BCUT2D eigenvalue weighted by Gasteiger charge is -2.16. The Bertz CT molecular complexity index is 385. The lowest BCUT2D eigenvalue weighted by Crippen LogP contribution is -2.37. The first-order valence-corrected chi connectivity index (χ1v) is 7.62. The maximum Gasteiger partial charge on any atom is 0.244 e. The molecule has 118 valence electrons. The number of hydrogen-bond acceptors (Lipinski definition) is 2. The molecule has 0 saturated carbocycles. The molecule has 0 aromatic carbocycles. The van der Waals surface area contributed by atoms with Crippen LogP contribution in [0.5, 0.6) is 0 Å². The van der Waals surface area contributed by atoms with Crippen LogP contribution in [0.4, 0.5) is 0 Å². The standard InChI is InChI=1S/C18H29NO2/c1-4-5-6-7-8-9-10-11-12-13-14-15-17(20)19-16-18(2,3)21/h8-15,21H,4-7,16H2,1-3H3,(H,19,20)/b9-8+,11-10+,13-12+,15-14+. The number of unbranched alkanes of at least 4 members (excludes halogenated alkanes) is 3. The molecule has 21 heavy (non-hydrogen) atoms. The van der Waals surface area contributed by atoms with Crippen molar-refractivity contribution in [3.63, 3.8) is 0 Å². The van der Waals surface area contributed by atoms with Crippen LogP contribution in [-0.2, 0) is 4.79 Å². The van der Waals surface area contributed by atoms with Gasteiger partial charge in [-0.15, -0.1) is 0 Å². The molecule has 0 rings (SSSR count). The van der Waals surface area contributed by atoms with E-state index in [-0.39, 0.29) is 12.5 Å². The molecular weight excluding hydrogens is 262 g/mol. The molecule has 0 heterocycles. The van der Waals surface area contributed by atoms with E-state index < -0.39 is 5.60 Å². The van der Waals surface area contributed by atoms with E-state index in [4.69, 9.17) is 0 Å². The van der Waals surface area contributed by atoms with E-state index >= 15 is 0 Å². The third-order valence-electron chi connectivity index (χ3n) is 2.61. The molecule has 0 atom stereocenters. The summed E-state index contributed by atoms with van der Waals surface area (Å²) in [6.45, 7) is 5.74. The van der Waals surface area contributed by atoms with E-state index in [9.17, 15) is 9.90 Å². The van der Waals surface area contributed by atoms with Gasteiger partial charge < -0.3 is 10.4 Å². The number of amides is 1. The molecule has 0 aliphatic rings. The molecule has 1 amide bonds. The Labute approximate surface area is 129 Å². The van der Waals surface area contributed by atoms with Gasteiger partial charge in [-0.3, -0.25) is 4.79 Å². The van der Waals surface area contributed by atoms with Crippen LogP contribution < -0.4 is 5.32 Å². The highest BCUT2D eigenvalue weighted by Gasteiger charge is 2.12. The van der Waals surface area contributed by atoms with Gasteiger partial charge in [-0.2, -0.15) is 0 Å². The maximum atomic E-state index is 11.4. The lowest BCUT2D eigenvalue weighted by molar-refractivity contribution is -0.117. The zero-order valence-corrected chi connectivity index (χ0v) is 13.5. The van der Waals surface area contributed by atoms with E-state index in [0.29, 0.717) is 0 Å². The number of aliphatic hydroxyl groups is 1. The van der Waals surface area contributed by atoms with Crippen LogP contribution >= 0.6 is 0 Å². The fraction of sp³-hybridized carbons (Fsp3) is 0.500. The van der Waals surface area contributed by atoms with Gasteiger partial charge in [-0.25, -0.2) is 0 Å². The number of carbonyl (C=O) groups excluding carboxylic acids is 1. The maximum absolute atomic E-state index is 11.4. The van der Waals surface area contributed by atoms with Gasteiger partial charge in [0, 0.05) is 12.6 Å². The molecule has 0 aromatic rings. The normalized spacial score (nSPS) is 13.1. The molecule has 0 fully saturated rings. The van der Waals surface area contributed by atoms with Crippen molar-refractivity contribution in [2.24, 2.45) is 0 Å². The summed E-state index contributed by atoms with van der Waals surface area (Å²) in [7, 11) is 0. The van der Waals surface area contributed by atoms with Crippen LogP contribution in [0.3, 0.4) is 0 Å². The average Bonchev–Trinajstić information content (AvgIpc) is 2.42. The van der Waals surface area contributed by atoms with Crippen molar-refractivity contribution < 1.29 is 9.90 Å². The summed E-state index contributed by atoms with van der Waals surface area (Å²) < 4.78 is 0. The molecule has 3 heteroatoms. The third kappa shape index (κ3) is 16.3. The van der Waals surface area contributed by atoms with Gasteiger partial charge in [0.25, 0.3) is 0 Å². The van der Waals surface area contributed by atoms with Crippen LogP contribution in [0.25, 0.3) is 0 Å². The fourth-order valence-corrected chi connectivity index (χ4v) is 1.45. The zero-order chi connectivity index (χ0) is 16.0. The Morgan fingerprint density at radius 1 is 1.05 bits per heavy atom. The highest BCUT2D eigenvalue weighted by atomic mass is 16.3. The Balaban J connectivity index is 3.79. The van der Waals surface area contributed by atoms with Crippen molar-refractivity contribution in [1.29, 1.82) is 0 Å². The van der Waals surface area contributed by atoms with Gasteiger partial charge in [0.1, 0.15) is 0 Å². The van der Waals surface area contributed by atoms with Gasteiger partial charge in [0.2, 0.25) is 5.91 Å². The fourth-order valence-electron chi connectivity index (χ4n) is 1.45. The Hall–Kier alpha value is -1.61. The molecule has 0 aliphatic carbocycles. The topological polar surface area (TPSA) is 49.3 Å². The second kappa shape index (κ2) is 12.2. The molecule has 0 radical (unpaired) electrons. The number of nitrogens with one attached hydrogen (secondary N) is 1. The third-order valence-corrected chi connectivity index (χ3v) is 2.61. The zero-order valence-electron chi connectivity index (χ0n) is 13.5. The second-order valence-electron chi connectivity index (χ2n) is 5.58. The van der Waals surface area contributed by atoms with Crippen molar-refractivity contribution in [1.82, 2.24) is 5.32 Å². The van der Waals surface area contributed by atoms with Crippen LogP contribution in [-0.4, -0.2) is 23.2 Å². The van der Waals surface area contributed by atoms with Gasteiger partial charge in [0.05, 0.1) is 5.60 Å². The minimum Gasteiger partial charge on any atom is -0.389 e. The summed E-state index contributed by atoms with van der Waals surface area (Å²) in [6, 6.07) is 0. The first kappa shape index (κ1) is 19.4. The van der Waals surface area contributed by atoms with Gasteiger partial charge >= 0.3 is 0 Å². The molecule has 0 aliphatic heterocycles. The summed E-state index contributed by atoms with van der Waals surface area (Å²) in [5.41, 5.74) is -0.883. The summed E-state index contributed by atoms with van der Waals surface area (Å²) in [5, 5.41) is 12.1. The summed E-state index contributed by atoms with van der Waals surface area (Å²) in [4.78, 5) is 11.4. The summed E-state index contributed by atoms with van der Waals surface area (Å²) in [6.07, 6.45) is 19.8. The Morgan fingerprint density at radius 2 is 1.67 bits per heavy atom. The molecule has 2 N–H and O–H groups in total. The second-order valence-corrected chi connectivity index (χ2v) is 5.58. The first-order chi connectivity index (χ1) is 9.95. The van der Waals surface area contributed by atoms with E-state index in [1.54, 1.807) is 26.0 Å². The minimum atomic E-state index is -0.883. The van der Waals surface area contributed by atoms with E-state index in [0.717, 1.165) is 6.42 Å². The predicted molar refractivity (Wildman–Crippen MR) is 90.0 cm³/mol. The van der Waals surface area contributed by atoms with Gasteiger partial charge in [0.15, 0.2) is 0 Å². The number of hydrogen-bond donors (Lipinski definition) is 2. The van der Waals surface area contributed by atoms with Crippen molar-refractivity contribution in [3.8, 4) is 0 Å². The number of allylic oxidation sites excluding steroid dienone is 7. The summed E-state index contributed by atoms with van der Waals surface area (Å²) in [5.74, 6) is -0.207. The van der Waals surface area contributed by atoms with Crippen LogP contribution in [0.1, 0.15) is 46.5 Å². The molecular formula is C18H29NO2. The van der Waals surface area contributed by atoms with Crippen LogP contribution in [0.2, 0.25) is 0 Å². The highest BCUT2D eigenvalue weighted by molar-refractivity contribution is 5.87. The minimum absolute atomic E-state index is 0.207. The van der Waals surface area contributed by atoms with Gasteiger partial charge in [-0.1, -0.05) is 62.3 Å². The largest absolute Gasteiger partial charge is 0.389 e. The predicted octanol–water partition coefficient (Wildman–Crippen LogP) is 3.68. The highest BCUT2D eigenvalue weighted by Crippen LogP contribution is 1.99. The molecule has 0 bridgehead atoms. The van der Waals surface area contributed by atoms with Crippen LogP contribution in [0, 0.1) is 0 Å². The van der Waals surface area contributed by atoms with E-state index in [1.807, 2.05) is 24.3 Å². The monoisotopic (exact) mass is 291 g/mol. The Morgan fingerprint density at radius 3 is 2.29 bits per heavy atom. The van der Waals surface area contributed by atoms with Crippen LogP contribution in [0.15, 0.2) is 48.6 Å². The van der Waals surface area contributed by atoms with Crippen molar-refractivity contribution in [3.05, 3.63) is 48.6 Å². The molecule has 3 nitrogen and oxygen atoms in total. The van der Waals surface area contributed by atoms with Crippen molar-refractivity contribution in [2.75, 3.05) is 6.54 Å². The van der Waals surface area contributed by atoms with E-state index in [2.05, 4.69) is 18.3 Å². The quantitative estimate of drug-likeness (QED) is 0.366. The summed E-state index contributed by atoms with van der Waals surface area (Å²) >= 11 is 0. The average molecular weight is 291 g/mol. The van der Waals surface area contributed by atoms with Crippen molar-refractivity contribution in [2.45, 2.75) is 52.1 Å². The van der Waals surface area contributed by atoms with E-state index in [1.165, 1.54) is 25.3 Å². The SMILES string of the molecule is CCCCC/C=C/C=C/C=C/C=C/C(=O)NCC(C)(C)O. The molecule has 0 unspecified atom stereocenters. The number of carbonyl (C=O) groups is 1. The Kier molecular flexibility index (Phi) is 11.2. The number of rotatable bonds is 10. The lowest BCUT2D eigenvalue weighted by atomic mass is 10.1. The van der Waals surface area contributed by atoms with Gasteiger partial charge in [-0.05, 0) is 26.7 Å². The molecule has 0 aromatic heterocycles. The molecule has 0 spiro atoms. The first-order valence-electron chi connectivity index (χ1n) is 7.62. The van der Waals surface area contributed by atoms with Crippen molar-refractivity contribution >= 4 is 5.91 Å². The smallest absolute Gasteiger partial charge is 0.244 e.